The van der Waals surface area contributed by atoms with Gasteiger partial charge in [-0.1, -0.05) is 48.5 Å². The van der Waals surface area contributed by atoms with Crippen LogP contribution in [0.3, 0.4) is 0 Å². The molecule has 0 amide bonds. The molecular weight excluding hydrogens is 256 g/mol. The van der Waals surface area contributed by atoms with Gasteiger partial charge in [-0.15, -0.1) is 0 Å². The van der Waals surface area contributed by atoms with E-state index >= 15 is 0 Å². The molecule has 0 saturated carbocycles. The standard InChI is InChI=1S/C19H24N2/c1-20-14-16-9-10-17-8-5-11-21-19(18(17)12-16)13-15-6-3-2-4-7-15/h2-4,6-7,9-10,12,19-21H,5,8,11,13-14H2,1H3. The maximum atomic E-state index is 3.74. The summed E-state index contributed by atoms with van der Waals surface area (Å²) in [6, 6.07) is 18.2. The molecule has 0 aromatic heterocycles. The monoisotopic (exact) mass is 280 g/mol. The van der Waals surface area contributed by atoms with Gasteiger partial charge in [-0.2, -0.15) is 0 Å². The Balaban J connectivity index is 1.89. The highest BCUT2D eigenvalue weighted by Gasteiger charge is 2.18. The first-order chi connectivity index (χ1) is 10.4. The van der Waals surface area contributed by atoms with Crippen molar-refractivity contribution >= 4 is 0 Å². The smallest absolute Gasteiger partial charge is 0.0363 e. The predicted octanol–water partition coefficient (Wildman–Crippen LogP) is 3.23. The lowest BCUT2D eigenvalue weighted by molar-refractivity contribution is 0.539. The second kappa shape index (κ2) is 6.88. The van der Waals surface area contributed by atoms with Crippen LogP contribution in [0, 0.1) is 0 Å². The largest absolute Gasteiger partial charge is 0.316 e. The molecule has 0 spiro atoms. The van der Waals surface area contributed by atoms with Gasteiger partial charge in [-0.05, 0) is 55.1 Å². The van der Waals surface area contributed by atoms with Gasteiger partial charge in [0, 0.05) is 12.6 Å². The normalized spacial score (nSPS) is 18.0. The van der Waals surface area contributed by atoms with Crippen molar-refractivity contribution < 1.29 is 0 Å². The maximum absolute atomic E-state index is 3.74. The molecule has 21 heavy (non-hydrogen) atoms. The minimum atomic E-state index is 0.432. The number of benzene rings is 2. The summed E-state index contributed by atoms with van der Waals surface area (Å²) in [6.45, 7) is 2.04. The molecule has 1 atom stereocenters. The Hall–Kier alpha value is -1.64. The van der Waals surface area contributed by atoms with Crippen molar-refractivity contribution in [2.24, 2.45) is 0 Å². The van der Waals surface area contributed by atoms with E-state index in [9.17, 15) is 0 Å². The van der Waals surface area contributed by atoms with Gasteiger partial charge in [0.15, 0.2) is 0 Å². The van der Waals surface area contributed by atoms with Crippen molar-refractivity contribution in [1.29, 1.82) is 0 Å². The Morgan fingerprint density at radius 1 is 1.10 bits per heavy atom. The van der Waals surface area contributed by atoms with Gasteiger partial charge in [0.1, 0.15) is 0 Å². The van der Waals surface area contributed by atoms with E-state index in [1.54, 1.807) is 0 Å². The Morgan fingerprint density at radius 3 is 2.76 bits per heavy atom. The van der Waals surface area contributed by atoms with Crippen molar-refractivity contribution in [3.8, 4) is 0 Å². The van der Waals surface area contributed by atoms with E-state index in [0.29, 0.717) is 6.04 Å². The molecule has 0 fully saturated rings. The number of hydrogen-bond donors (Lipinski definition) is 2. The molecule has 0 saturated heterocycles. The molecule has 0 bridgehead atoms. The number of fused-ring (bicyclic) bond motifs is 1. The molecular formula is C19H24N2. The van der Waals surface area contributed by atoms with Crippen LogP contribution in [0.15, 0.2) is 48.5 Å². The highest BCUT2D eigenvalue weighted by atomic mass is 14.9. The summed E-state index contributed by atoms with van der Waals surface area (Å²) in [6.07, 6.45) is 3.48. The van der Waals surface area contributed by atoms with E-state index < -0.39 is 0 Å². The molecule has 2 aromatic carbocycles. The summed E-state index contributed by atoms with van der Waals surface area (Å²) in [5.74, 6) is 0. The quantitative estimate of drug-likeness (QED) is 0.898. The Bertz CT molecular complexity index is 577. The fourth-order valence-electron chi connectivity index (χ4n) is 3.21. The van der Waals surface area contributed by atoms with Gasteiger partial charge in [0.25, 0.3) is 0 Å². The zero-order chi connectivity index (χ0) is 14.5. The van der Waals surface area contributed by atoms with Crippen LogP contribution < -0.4 is 10.6 Å². The van der Waals surface area contributed by atoms with Crippen molar-refractivity contribution in [2.75, 3.05) is 13.6 Å². The van der Waals surface area contributed by atoms with E-state index in [4.69, 9.17) is 0 Å². The lowest BCUT2D eigenvalue weighted by Gasteiger charge is -2.20. The van der Waals surface area contributed by atoms with E-state index in [0.717, 1.165) is 19.5 Å². The van der Waals surface area contributed by atoms with Crippen molar-refractivity contribution in [3.05, 3.63) is 70.8 Å². The lowest BCUT2D eigenvalue weighted by Crippen LogP contribution is -2.23. The first kappa shape index (κ1) is 14.3. The average molecular weight is 280 g/mol. The van der Waals surface area contributed by atoms with Crippen LogP contribution in [0.4, 0.5) is 0 Å². The van der Waals surface area contributed by atoms with E-state index in [-0.39, 0.29) is 0 Å². The van der Waals surface area contributed by atoms with Gasteiger partial charge >= 0.3 is 0 Å². The van der Waals surface area contributed by atoms with Gasteiger partial charge in [-0.25, -0.2) is 0 Å². The van der Waals surface area contributed by atoms with E-state index in [1.807, 2.05) is 7.05 Å². The van der Waals surface area contributed by atoms with Crippen LogP contribution in [0.25, 0.3) is 0 Å². The summed E-state index contributed by atoms with van der Waals surface area (Å²) >= 11 is 0. The summed E-state index contributed by atoms with van der Waals surface area (Å²) < 4.78 is 0. The Labute approximate surface area is 127 Å². The highest BCUT2D eigenvalue weighted by molar-refractivity contribution is 5.36. The Kier molecular flexibility index (Phi) is 4.69. The molecule has 110 valence electrons. The van der Waals surface area contributed by atoms with Crippen LogP contribution in [0.5, 0.6) is 0 Å². The highest BCUT2D eigenvalue weighted by Crippen LogP contribution is 2.27. The van der Waals surface area contributed by atoms with Crippen LogP contribution in [0.2, 0.25) is 0 Å². The van der Waals surface area contributed by atoms with Crippen molar-refractivity contribution in [1.82, 2.24) is 10.6 Å². The number of rotatable bonds is 4. The number of aryl methyl sites for hydroxylation is 1. The average Bonchev–Trinajstić information content (AvgIpc) is 2.71. The molecule has 1 aliphatic heterocycles. The lowest BCUT2D eigenvalue weighted by atomic mass is 9.92. The minimum absolute atomic E-state index is 0.432. The zero-order valence-electron chi connectivity index (χ0n) is 12.7. The topological polar surface area (TPSA) is 24.1 Å². The number of hydrogen-bond acceptors (Lipinski definition) is 2. The maximum Gasteiger partial charge on any atom is 0.0363 e. The molecule has 3 rings (SSSR count). The van der Waals surface area contributed by atoms with Gasteiger partial charge in [0.2, 0.25) is 0 Å². The zero-order valence-corrected chi connectivity index (χ0v) is 12.7. The predicted molar refractivity (Wildman–Crippen MR) is 88.4 cm³/mol. The molecule has 2 N–H and O–H groups in total. The number of nitrogens with one attached hydrogen (secondary N) is 2. The second-order valence-corrected chi connectivity index (χ2v) is 5.86. The first-order valence-corrected chi connectivity index (χ1v) is 7.90. The van der Waals surface area contributed by atoms with Crippen LogP contribution >= 0.6 is 0 Å². The SMILES string of the molecule is CNCc1ccc2c(c1)C(Cc1ccccc1)NCCC2. The van der Waals surface area contributed by atoms with Gasteiger partial charge in [0.05, 0.1) is 0 Å². The summed E-state index contributed by atoms with van der Waals surface area (Å²) in [5.41, 5.74) is 5.78. The third kappa shape index (κ3) is 3.52. The first-order valence-electron chi connectivity index (χ1n) is 7.90. The second-order valence-electron chi connectivity index (χ2n) is 5.86. The molecule has 0 aliphatic carbocycles. The third-order valence-electron chi connectivity index (χ3n) is 4.26. The molecule has 1 heterocycles. The van der Waals surface area contributed by atoms with Crippen molar-refractivity contribution in [2.45, 2.75) is 31.8 Å². The molecule has 1 unspecified atom stereocenters. The van der Waals surface area contributed by atoms with Crippen LogP contribution in [-0.4, -0.2) is 13.6 Å². The van der Waals surface area contributed by atoms with Gasteiger partial charge in [-0.3, -0.25) is 0 Å². The Morgan fingerprint density at radius 2 is 1.95 bits per heavy atom. The van der Waals surface area contributed by atoms with Crippen LogP contribution in [0.1, 0.15) is 34.7 Å². The summed E-state index contributed by atoms with van der Waals surface area (Å²) in [5, 5.41) is 6.99. The van der Waals surface area contributed by atoms with E-state index in [2.05, 4.69) is 59.2 Å². The minimum Gasteiger partial charge on any atom is -0.316 e. The van der Waals surface area contributed by atoms with Crippen molar-refractivity contribution in [3.63, 3.8) is 0 Å². The fourth-order valence-corrected chi connectivity index (χ4v) is 3.21. The third-order valence-corrected chi connectivity index (χ3v) is 4.26. The van der Waals surface area contributed by atoms with E-state index in [1.165, 1.54) is 35.1 Å². The fraction of sp³-hybridized carbons (Fsp3) is 0.368. The molecule has 2 heteroatoms. The molecule has 2 aromatic rings. The molecule has 1 aliphatic rings. The van der Waals surface area contributed by atoms with Crippen LogP contribution in [-0.2, 0) is 19.4 Å². The molecule has 2 nitrogen and oxygen atoms in total. The molecule has 0 radical (unpaired) electrons. The summed E-state index contributed by atoms with van der Waals surface area (Å²) in [7, 11) is 2.01. The van der Waals surface area contributed by atoms with Gasteiger partial charge < -0.3 is 10.6 Å². The summed E-state index contributed by atoms with van der Waals surface area (Å²) in [4.78, 5) is 0.